The number of benzene rings is 2. The van der Waals surface area contributed by atoms with Crippen LogP contribution >= 0.6 is 0 Å². The van der Waals surface area contributed by atoms with Crippen LogP contribution in [0, 0.1) is 10.1 Å². The quantitative estimate of drug-likeness (QED) is 0.495. The van der Waals surface area contributed by atoms with Gasteiger partial charge in [-0.05, 0) is 54.7 Å². The molecule has 31 heavy (non-hydrogen) atoms. The molecular formula is C21H25N3O6S. The Bertz CT molecular complexity index is 1110. The summed E-state index contributed by atoms with van der Waals surface area (Å²) in [5.41, 5.74) is 2.30. The van der Waals surface area contributed by atoms with Gasteiger partial charge in [0.05, 0.1) is 24.0 Å². The SMILES string of the molecule is COc1cc2c(cc1OC)CN(c1ccc(S(=O)(=O)N3CCCC3)cc1[N+](=O)[O-])CC2. The number of fused-ring (bicyclic) bond motifs is 1. The molecule has 0 radical (unpaired) electrons. The van der Waals surface area contributed by atoms with Crippen molar-refractivity contribution in [2.75, 3.05) is 38.8 Å². The minimum atomic E-state index is -3.73. The van der Waals surface area contributed by atoms with Gasteiger partial charge in [0, 0.05) is 32.2 Å². The van der Waals surface area contributed by atoms with Crippen molar-refractivity contribution in [2.24, 2.45) is 0 Å². The first-order valence-corrected chi connectivity index (χ1v) is 11.6. The van der Waals surface area contributed by atoms with Gasteiger partial charge in [-0.15, -0.1) is 0 Å². The molecule has 0 unspecified atom stereocenters. The smallest absolute Gasteiger partial charge is 0.293 e. The zero-order chi connectivity index (χ0) is 22.2. The van der Waals surface area contributed by atoms with Gasteiger partial charge in [-0.3, -0.25) is 10.1 Å². The summed E-state index contributed by atoms with van der Waals surface area (Å²) in [6.07, 6.45) is 2.29. The van der Waals surface area contributed by atoms with Crippen molar-refractivity contribution >= 4 is 21.4 Å². The molecular weight excluding hydrogens is 422 g/mol. The molecule has 0 spiro atoms. The molecule has 10 heteroatoms. The third kappa shape index (κ3) is 3.92. The second-order valence-electron chi connectivity index (χ2n) is 7.67. The van der Waals surface area contributed by atoms with Gasteiger partial charge in [0.15, 0.2) is 11.5 Å². The third-order valence-electron chi connectivity index (χ3n) is 5.91. The van der Waals surface area contributed by atoms with Gasteiger partial charge < -0.3 is 14.4 Å². The monoisotopic (exact) mass is 447 g/mol. The molecule has 2 aliphatic rings. The van der Waals surface area contributed by atoms with E-state index in [9.17, 15) is 18.5 Å². The van der Waals surface area contributed by atoms with E-state index in [1.165, 1.54) is 16.4 Å². The summed E-state index contributed by atoms with van der Waals surface area (Å²) in [6.45, 7) is 1.93. The fourth-order valence-corrected chi connectivity index (χ4v) is 5.78. The number of nitro groups is 1. The zero-order valence-corrected chi connectivity index (χ0v) is 18.4. The Labute approximate surface area is 181 Å². The molecule has 2 aliphatic heterocycles. The Hall–Kier alpha value is -2.85. The van der Waals surface area contributed by atoms with E-state index in [-0.39, 0.29) is 10.6 Å². The summed E-state index contributed by atoms with van der Waals surface area (Å²) in [6, 6.07) is 8.03. The van der Waals surface area contributed by atoms with Crippen LogP contribution in [-0.4, -0.2) is 51.5 Å². The van der Waals surface area contributed by atoms with Crippen LogP contribution in [0.2, 0.25) is 0 Å². The summed E-state index contributed by atoms with van der Waals surface area (Å²) in [5.74, 6) is 1.25. The van der Waals surface area contributed by atoms with Crippen LogP contribution in [0.4, 0.5) is 11.4 Å². The lowest BCUT2D eigenvalue weighted by molar-refractivity contribution is -0.384. The average molecular weight is 448 g/mol. The van der Waals surface area contributed by atoms with Gasteiger partial charge in [-0.2, -0.15) is 4.31 Å². The number of methoxy groups -OCH3 is 2. The number of hydrogen-bond acceptors (Lipinski definition) is 7. The summed E-state index contributed by atoms with van der Waals surface area (Å²) in [5, 5.41) is 11.8. The number of hydrogen-bond donors (Lipinski definition) is 0. The predicted molar refractivity (Wildman–Crippen MR) is 115 cm³/mol. The van der Waals surface area contributed by atoms with E-state index in [0.29, 0.717) is 49.8 Å². The van der Waals surface area contributed by atoms with Crippen molar-refractivity contribution < 1.29 is 22.8 Å². The largest absolute Gasteiger partial charge is 0.493 e. The van der Waals surface area contributed by atoms with E-state index >= 15 is 0 Å². The molecule has 0 bridgehead atoms. The molecule has 2 aromatic rings. The highest BCUT2D eigenvalue weighted by molar-refractivity contribution is 7.89. The van der Waals surface area contributed by atoms with Gasteiger partial charge in [0.25, 0.3) is 5.69 Å². The normalized spacial score (nSPS) is 16.8. The summed E-state index contributed by atoms with van der Waals surface area (Å²) < 4.78 is 37.8. The Kier molecular flexibility index (Phi) is 5.76. The van der Waals surface area contributed by atoms with Gasteiger partial charge in [0.2, 0.25) is 10.0 Å². The van der Waals surface area contributed by atoms with E-state index < -0.39 is 14.9 Å². The lowest BCUT2D eigenvalue weighted by atomic mass is 9.98. The molecule has 1 saturated heterocycles. The van der Waals surface area contributed by atoms with Crippen LogP contribution in [0.5, 0.6) is 11.5 Å². The molecule has 0 N–H and O–H groups in total. The van der Waals surface area contributed by atoms with E-state index in [1.807, 2.05) is 17.0 Å². The number of sulfonamides is 1. The summed E-state index contributed by atoms with van der Waals surface area (Å²) in [7, 11) is -0.579. The molecule has 0 atom stereocenters. The highest BCUT2D eigenvalue weighted by atomic mass is 32.2. The maximum Gasteiger partial charge on any atom is 0.293 e. The topological polar surface area (TPSA) is 102 Å². The minimum absolute atomic E-state index is 0.0336. The maximum absolute atomic E-state index is 12.9. The molecule has 0 saturated carbocycles. The summed E-state index contributed by atoms with van der Waals surface area (Å²) >= 11 is 0. The Balaban J connectivity index is 1.68. The van der Waals surface area contributed by atoms with Gasteiger partial charge >= 0.3 is 0 Å². The number of anilines is 1. The first kappa shape index (κ1) is 21.4. The standard InChI is InChI=1S/C21H25N3O6S/c1-29-20-11-15-7-10-22(14-16(15)12-21(20)30-2)18-6-5-17(13-19(18)24(25)26)31(27,28)23-8-3-4-9-23/h5-6,11-13H,3-4,7-10,14H2,1-2H3. The molecule has 166 valence electrons. The second kappa shape index (κ2) is 8.35. The predicted octanol–water partition coefficient (Wildman–Crippen LogP) is 2.96. The highest BCUT2D eigenvalue weighted by Gasteiger charge is 2.31. The van der Waals surface area contributed by atoms with Crippen LogP contribution in [0.3, 0.4) is 0 Å². The van der Waals surface area contributed by atoms with E-state index in [0.717, 1.165) is 24.0 Å². The molecule has 0 aliphatic carbocycles. The zero-order valence-electron chi connectivity index (χ0n) is 17.5. The minimum Gasteiger partial charge on any atom is -0.493 e. The van der Waals surface area contributed by atoms with Crippen LogP contribution < -0.4 is 14.4 Å². The molecule has 0 amide bonds. The molecule has 0 aromatic heterocycles. The van der Waals surface area contributed by atoms with Crippen molar-refractivity contribution in [3.8, 4) is 11.5 Å². The molecule has 9 nitrogen and oxygen atoms in total. The first-order valence-electron chi connectivity index (χ1n) is 10.1. The van der Waals surface area contributed by atoms with E-state index in [2.05, 4.69) is 0 Å². The Morgan fingerprint density at radius 3 is 2.23 bits per heavy atom. The highest BCUT2D eigenvalue weighted by Crippen LogP contribution is 2.38. The van der Waals surface area contributed by atoms with E-state index in [1.54, 1.807) is 20.3 Å². The van der Waals surface area contributed by atoms with Gasteiger partial charge in [-0.1, -0.05) is 0 Å². The molecule has 2 heterocycles. The lowest BCUT2D eigenvalue weighted by Crippen LogP contribution is -2.31. The Morgan fingerprint density at radius 2 is 1.61 bits per heavy atom. The van der Waals surface area contributed by atoms with Crippen molar-refractivity contribution in [3.63, 3.8) is 0 Å². The number of rotatable bonds is 6. The number of nitrogens with zero attached hydrogens (tertiary/aromatic N) is 3. The summed E-state index contributed by atoms with van der Waals surface area (Å²) in [4.78, 5) is 13.2. The Morgan fingerprint density at radius 1 is 0.968 bits per heavy atom. The number of nitro benzene ring substituents is 1. The van der Waals surface area contributed by atoms with E-state index in [4.69, 9.17) is 9.47 Å². The fraction of sp³-hybridized carbons (Fsp3) is 0.429. The van der Waals surface area contributed by atoms with Crippen LogP contribution in [0.25, 0.3) is 0 Å². The van der Waals surface area contributed by atoms with Gasteiger partial charge in [0.1, 0.15) is 5.69 Å². The first-order chi connectivity index (χ1) is 14.8. The van der Waals surface area contributed by atoms with Crippen LogP contribution in [0.15, 0.2) is 35.2 Å². The van der Waals surface area contributed by atoms with Crippen molar-refractivity contribution in [1.82, 2.24) is 4.31 Å². The second-order valence-corrected chi connectivity index (χ2v) is 9.60. The van der Waals surface area contributed by atoms with Crippen LogP contribution in [-0.2, 0) is 23.0 Å². The third-order valence-corrected chi connectivity index (χ3v) is 7.80. The van der Waals surface area contributed by atoms with Crippen molar-refractivity contribution in [2.45, 2.75) is 30.7 Å². The van der Waals surface area contributed by atoms with Crippen molar-refractivity contribution in [1.29, 1.82) is 0 Å². The maximum atomic E-state index is 12.9. The number of ether oxygens (including phenoxy) is 2. The molecule has 4 rings (SSSR count). The molecule has 1 fully saturated rings. The molecule has 2 aromatic carbocycles. The fourth-order valence-electron chi connectivity index (χ4n) is 4.24. The lowest BCUT2D eigenvalue weighted by Gasteiger charge is -2.31. The van der Waals surface area contributed by atoms with Gasteiger partial charge in [-0.25, -0.2) is 8.42 Å². The average Bonchev–Trinajstić information content (AvgIpc) is 3.33. The van der Waals surface area contributed by atoms with Crippen molar-refractivity contribution in [3.05, 3.63) is 51.6 Å². The van der Waals surface area contributed by atoms with Crippen LogP contribution in [0.1, 0.15) is 24.0 Å².